The van der Waals surface area contributed by atoms with E-state index in [4.69, 9.17) is 14.6 Å². The molecule has 0 aromatic carbocycles. The summed E-state index contributed by atoms with van der Waals surface area (Å²) >= 11 is 0. The molecule has 21 heavy (non-hydrogen) atoms. The van der Waals surface area contributed by atoms with E-state index < -0.39 is 5.97 Å². The summed E-state index contributed by atoms with van der Waals surface area (Å²) in [5.74, 6) is -0.833. The first-order valence-electron chi connectivity index (χ1n) is 8.42. The van der Waals surface area contributed by atoms with Gasteiger partial charge in [0, 0.05) is 20.1 Å². The Morgan fingerprint density at radius 3 is 1.81 bits per heavy atom. The maximum atomic E-state index is 9.00. The van der Waals surface area contributed by atoms with Crippen molar-refractivity contribution < 1.29 is 14.6 Å². The average molecular weight is 303 g/mol. The summed E-state index contributed by atoms with van der Waals surface area (Å²) in [7, 11) is 4.22. The van der Waals surface area contributed by atoms with Crippen LogP contribution < -0.4 is 0 Å². The van der Waals surface area contributed by atoms with E-state index in [1.165, 1.54) is 51.4 Å². The van der Waals surface area contributed by atoms with Gasteiger partial charge in [-0.2, -0.15) is 0 Å². The van der Waals surface area contributed by atoms with Crippen molar-refractivity contribution in [1.29, 1.82) is 0 Å². The number of carboxylic acid groups (broad SMARTS) is 1. The second kappa shape index (κ2) is 19.4. The minimum atomic E-state index is -0.833. The van der Waals surface area contributed by atoms with Crippen LogP contribution in [0.2, 0.25) is 0 Å². The predicted octanol–water partition coefficient (Wildman–Crippen LogP) is 4.19. The smallest absolute Gasteiger partial charge is 0.300 e. The molecule has 0 saturated carbocycles. The van der Waals surface area contributed by atoms with Crippen LogP contribution in [0.3, 0.4) is 0 Å². The minimum Gasteiger partial charge on any atom is -0.481 e. The van der Waals surface area contributed by atoms with Gasteiger partial charge in [0.25, 0.3) is 5.97 Å². The van der Waals surface area contributed by atoms with E-state index in [1.807, 2.05) is 0 Å². The van der Waals surface area contributed by atoms with Crippen molar-refractivity contribution >= 4 is 5.97 Å². The van der Waals surface area contributed by atoms with E-state index >= 15 is 0 Å². The van der Waals surface area contributed by atoms with Crippen LogP contribution in [-0.2, 0) is 9.53 Å². The van der Waals surface area contributed by atoms with Gasteiger partial charge in [0.1, 0.15) is 0 Å². The molecule has 4 heteroatoms. The van der Waals surface area contributed by atoms with Crippen LogP contribution in [0, 0.1) is 0 Å². The number of ether oxygens (including phenoxy) is 1. The molecular formula is C17H37NO3. The summed E-state index contributed by atoms with van der Waals surface area (Å²) in [5, 5.41) is 7.42. The maximum Gasteiger partial charge on any atom is 0.300 e. The first kappa shape index (κ1) is 22.7. The first-order valence-corrected chi connectivity index (χ1v) is 8.42. The van der Waals surface area contributed by atoms with Crippen LogP contribution in [-0.4, -0.2) is 49.8 Å². The number of nitrogens with zero attached hydrogens (tertiary/aromatic N) is 1. The van der Waals surface area contributed by atoms with Gasteiger partial charge in [-0.3, -0.25) is 4.79 Å². The number of unbranched alkanes of at least 4 members (excludes halogenated alkanes) is 7. The van der Waals surface area contributed by atoms with Crippen molar-refractivity contribution in [1.82, 2.24) is 4.90 Å². The molecule has 0 aromatic rings. The monoisotopic (exact) mass is 303 g/mol. The fourth-order valence-corrected chi connectivity index (χ4v) is 1.92. The largest absolute Gasteiger partial charge is 0.481 e. The van der Waals surface area contributed by atoms with Gasteiger partial charge in [-0.05, 0) is 33.5 Å². The van der Waals surface area contributed by atoms with E-state index in [0.29, 0.717) is 0 Å². The van der Waals surface area contributed by atoms with Gasteiger partial charge in [-0.1, -0.05) is 51.9 Å². The quantitative estimate of drug-likeness (QED) is 0.518. The Labute approximate surface area is 131 Å². The number of hydrogen-bond acceptors (Lipinski definition) is 3. The summed E-state index contributed by atoms with van der Waals surface area (Å²) in [6.07, 6.45) is 12.2. The van der Waals surface area contributed by atoms with Crippen molar-refractivity contribution in [2.24, 2.45) is 0 Å². The van der Waals surface area contributed by atoms with Crippen LogP contribution >= 0.6 is 0 Å². The molecule has 0 unspecified atom stereocenters. The third-order valence-electron chi connectivity index (χ3n) is 3.04. The summed E-state index contributed by atoms with van der Waals surface area (Å²) in [5.41, 5.74) is 0. The Morgan fingerprint density at radius 1 is 0.905 bits per heavy atom. The molecule has 0 fully saturated rings. The highest BCUT2D eigenvalue weighted by molar-refractivity contribution is 5.62. The van der Waals surface area contributed by atoms with Gasteiger partial charge in [0.15, 0.2) is 0 Å². The van der Waals surface area contributed by atoms with E-state index in [0.717, 1.165) is 33.1 Å². The molecule has 0 spiro atoms. The van der Waals surface area contributed by atoms with E-state index in [2.05, 4.69) is 25.9 Å². The summed E-state index contributed by atoms with van der Waals surface area (Å²) < 4.78 is 5.60. The lowest BCUT2D eigenvalue weighted by molar-refractivity contribution is -0.134. The third-order valence-corrected chi connectivity index (χ3v) is 3.04. The number of carboxylic acids is 1. The highest BCUT2D eigenvalue weighted by atomic mass is 16.5. The molecule has 0 aliphatic rings. The van der Waals surface area contributed by atoms with Crippen LogP contribution in [0.5, 0.6) is 0 Å². The van der Waals surface area contributed by atoms with Crippen molar-refractivity contribution in [3.05, 3.63) is 0 Å². The van der Waals surface area contributed by atoms with Crippen LogP contribution in [0.4, 0.5) is 0 Å². The SMILES string of the molecule is CC(=O)O.CCCCCCCCCCOCCCN(C)C. The Morgan fingerprint density at radius 2 is 1.33 bits per heavy atom. The molecular weight excluding hydrogens is 266 g/mol. The van der Waals surface area contributed by atoms with Gasteiger partial charge in [-0.25, -0.2) is 0 Å². The van der Waals surface area contributed by atoms with E-state index in [-0.39, 0.29) is 0 Å². The summed E-state index contributed by atoms with van der Waals surface area (Å²) in [4.78, 5) is 11.2. The fourth-order valence-electron chi connectivity index (χ4n) is 1.92. The van der Waals surface area contributed by atoms with E-state index in [9.17, 15) is 0 Å². The predicted molar refractivity (Wildman–Crippen MR) is 89.9 cm³/mol. The molecule has 0 saturated heterocycles. The Kier molecular flexibility index (Phi) is 20.9. The fraction of sp³-hybridized carbons (Fsp3) is 0.941. The lowest BCUT2D eigenvalue weighted by Crippen LogP contribution is -2.14. The second-order valence-corrected chi connectivity index (χ2v) is 5.76. The van der Waals surface area contributed by atoms with Gasteiger partial charge >= 0.3 is 0 Å². The number of carbonyl (C=O) groups is 1. The lowest BCUT2D eigenvalue weighted by Gasteiger charge is -2.09. The number of rotatable bonds is 13. The van der Waals surface area contributed by atoms with Gasteiger partial charge in [0.2, 0.25) is 0 Å². The van der Waals surface area contributed by atoms with Crippen molar-refractivity contribution in [2.45, 2.75) is 71.6 Å². The summed E-state index contributed by atoms with van der Waals surface area (Å²) in [6, 6.07) is 0. The normalized spacial score (nSPS) is 10.3. The second-order valence-electron chi connectivity index (χ2n) is 5.76. The molecule has 128 valence electrons. The van der Waals surface area contributed by atoms with Crippen molar-refractivity contribution in [3.8, 4) is 0 Å². The molecule has 0 amide bonds. The molecule has 0 aliphatic heterocycles. The zero-order valence-corrected chi connectivity index (χ0v) is 14.7. The van der Waals surface area contributed by atoms with Gasteiger partial charge in [-0.15, -0.1) is 0 Å². The first-order chi connectivity index (χ1) is 10.0. The van der Waals surface area contributed by atoms with Crippen molar-refractivity contribution in [2.75, 3.05) is 33.9 Å². The third kappa shape index (κ3) is 32.7. The molecule has 1 N–H and O–H groups in total. The highest BCUT2D eigenvalue weighted by Gasteiger charge is 1.93. The number of hydrogen-bond donors (Lipinski definition) is 1. The minimum absolute atomic E-state index is 0.833. The topological polar surface area (TPSA) is 49.8 Å². The molecule has 0 atom stereocenters. The highest BCUT2D eigenvalue weighted by Crippen LogP contribution is 2.08. The molecule has 0 rings (SSSR count). The standard InChI is InChI=1S/C15H33NO.C2H4O2/c1-4-5-6-7-8-9-10-11-14-17-15-12-13-16(2)3;1-2(3)4/h4-15H2,1-3H3;1H3,(H,3,4). The van der Waals surface area contributed by atoms with Gasteiger partial charge in [0.05, 0.1) is 0 Å². The molecule has 0 bridgehead atoms. The van der Waals surface area contributed by atoms with Gasteiger partial charge < -0.3 is 14.7 Å². The Balaban J connectivity index is 0. The number of aliphatic carboxylic acids is 1. The molecule has 0 heterocycles. The molecule has 0 aromatic heterocycles. The van der Waals surface area contributed by atoms with Crippen molar-refractivity contribution in [3.63, 3.8) is 0 Å². The zero-order valence-electron chi connectivity index (χ0n) is 14.7. The molecule has 0 radical (unpaired) electrons. The summed E-state index contributed by atoms with van der Waals surface area (Å²) in [6.45, 7) is 6.38. The molecule has 0 aliphatic carbocycles. The van der Waals surface area contributed by atoms with E-state index in [1.54, 1.807) is 0 Å². The van der Waals surface area contributed by atoms with Crippen LogP contribution in [0.25, 0.3) is 0 Å². The Hall–Kier alpha value is -0.610. The zero-order chi connectivity index (χ0) is 16.3. The van der Waals surface area contributed by atoms with Crippen LogP contribution in [0.15, 0.2) is 0 Å². The van der Waals surface area contributed by atoms with Crippen LogP contribution in [0.1, 0.15) is 71.6 Å². The lowest BCUT2D eigenvalue weighted by atomic mass is 10.1. The Bertz CT molecular complexity index is 204. The molecule has 4 nitrogen and oxygen atoms in total. The average Bonchev–Trinajstić information content (AvgIpc) is 2.39. The maximum absolute atomic E-state index is 9.00.